The first-order valence-electron chi connectivity index (χ1n) is 6.39. The van der Waals surface area contributed by atoms with Crippen LogP contribution in [-0.2, 0) is 4.74 Å². The van der Waals surface area contributed by atoms with Crippen LogP contribution in [0.15, 0.2) is 18.2 Å². The monoisotopic (exact) mass is 267 g/mol. The van der Waals surface area contributed by atoms with E-state index in [1.165, 1.54) is 25.0 Å². The number of rotatable bonds is 7. The molecule has 104 valence electrons. The van der Waals surface area contributed by atoms with E-state index in [-0.39, 0.29) is 5.56 Å². The minimum absolute atomic E-state index is 0.0234. The Labute approximate surface area is 111 Å². The van der Waals surface area contributed by atoms with Crippen LogP contribution in [0.4, 0.5) is 10.1 Å². The molecule has 2 rings (SSSR count). The normalized spacial score (nSPS) is 14.4. The van der Waals surface area contributed by atoms with E-state index in [1.807, 2.05) is 0 Å². The van der Waals surface area contributed by atoms with Crippen molar-refractivity contribution in [3.8, 4) is 0 Å². The highest BCUT2D eigenvalue weighted by molar-refractivity contribution is 5.94. The lowest BCUT2D eigenvalue weighted by Gasteiger charge is -2.21. The molecule has 0 atom stereocenters. The molecule has 19 heavy (non-hydrogen) atoms. The predicted molar refractivity (Wildman–Crippen MR) is 70.2 cm³/mol. The van der Waals surface area contributed by atoms with Gasteiger partial charge in [0.15, 0.2) is 0 Å². The van der Waals surface area contributed by atoms with Gasteiger partial charge >= 0.3 is 5.97 Å². The van der Waals surface area contributed by atoms with Gasteiger partial charge < -0.3 is 14.7 Å². The van der Waals surface area contributed by atoms with Crippen LogP contribution in [0.1, 0.15) is 23.2 Å². The number of hydrogen-bond acceptors (Lipinski definition) is 3. The molecule has 0 aromatic heterocycles. The third-order valence-corrected chi connectivity index (χ3v) is 3.22. The number of aromatic carboxylic acids is 1. The number of benzene rings is 1. The molecule has 0 amide bonds. The van der Waals surface area contributed by atoms with Crippen molar-refractivity contribution in [1.29, 1.82) is 0 Å². The molecule has 1 aliphatic rings. The van der Waals surface area contributed by atoms with Crippen LogP contribution < -0.4 is 4.90 Å². The fourth-order valence-electron chi connectivity index (χ4n) is 1.87. The minimum Gasteiger partial charge on any atom is -0.478 e. The molecule has 5 heteroatoms. The maximum Gasteiger partial charge on any atom is 0.337 e. The van der Waals surface area contributed by atoms with E-state index in [1.54, 1.807) is 11.9 Å². The van der Waals surface area contributed by atoms with Gasteiger partial charge in [-0.1, -0.05) is 0 Å². The Hall–Kier alpha value is -1.62. The lowest BCUT2D eigenvalue weighted by molar-refractivity contribution is 0.0696. The average molecular weight is 267 g/mol. The molecule has 1 aromatic rings. The van der Waals surface area contributed by atoms with E-state index in [2.05, 4.69) is 0 Å². The van der Waals surface area contributed by atoms with Gasteiger partial charge in [0, 0.05) is 20.2 Å². The lowest BCUT2D eigenvalue weighted by atomic mass is 10.1. The van der Waals surface area contributed by atoms with Crippen molar-refractivity contribution in [1.82, 2.24) is 0 Å². The fraction of sp³-hybridized carbons (Fsp3) is 0.500. The van der Waals surface area contributed by atoms with Gasteiger partial charge in [0.05, 0.1) is 17.9 Å². The van der Waals surface area contributed by atoms with Gasteiger partial charge in [-0.2, -0.15) is 0 Å². The topological polar surface area (TPSA) is 49.8 Å². The summed E-state index contributed by atoms with van der Waals surface area (Å²) in [6.07, 6.45) is 2.49. The van der Waals surface area contributed by atoms with Gasteiger partial charge in [-0.05, 0) is 37.0 Å². The number of anilines is 1. The van der Waals surface area contributed by atoms with Gasteiger partial charge in [0.25, 0.3) is 0 Å². The van der Waals surface area contributed by atoms with Crippen LogP contribution in [0.2, 0.25) is 0 Å². The standard InChI is InChI=1S/C14H18FNO3/c1-16(6-7-19-9-10-2-3-10)13-5-4-11(15)8-12(13)14(17)18/h4-5,8,10H,2-3,6-7,9H2,1H3,(H,17,18). The van der Waals surface area contributed by atoms with Crippen LogP contribution in [0, 0.1) is 11.7 Å². The third kappa shape index (κ3) is 3.92. The molecule has 1 fully saturated rings. The average Bonchev–Trinajstić information content (AvgIpc) is 3.18. The molecule has 0 spiro atoms. The summed E-state index contributed by atoms with van der Waals surface area (Å²) < 4.78 is 18.6. The summed E-state index contributed by atoms with van der Waals surface area (Å²) in [5.41, 5.74) is 0.480. The maximum absolute atomic E-state index is 13.1. The summed E-state index contributed by atoms with van der Waals surface area (Å²) in [5.74, 6) is -0.953. The first-order chi connectivity index (χ1) is 9.08. The molecule has 0 unspecified atom stereocenters. The molecular formula is C14H18FNO3. The quantitative estimate of drug-likeness (QED) is 0.771. The molecule has 1 aliphatic carbocycles. The number of likely N-dealkylation sites (N-methyl/N-ethyl adjacent to an activating group) is 1. The first kappa shape index (κ1) is 13.8. The Morgan fingerprint density at radius 3 is 2.89 bits per heavy atom. The number of carboxylic acids is 1. The number of ether oxygens (including phenoxy) is 1. The number of hydrogen-bond donors (Lipinski definition) is 1. The Morgan fingerprint density at radius 1 is 1.53 bits per heavy atom. The van der Waals surface area contributed by atoms with E-state index < -0.39 is 11.8 Å². The van der Waals surface area contributed by atoms with Gasteiger partial charge in [-0.3, -0.25) is 0 Å². The highest BCUT2D eigenvalue weighted by Crippen LogP contribution is 2.28. The van der Waals surface area contributed by atoms with Gasteiger partial charge in [0.2, 0.25) is 0 Å². The Kier molecular flexibility index (Phi) is 4.37. The summed E-state index contributed by atoms with van der Waals surface area (Å²) in [4.78, 5) is 12.9. The van der Waals surface area contributed by atoms with Gasteiger partial charge in [-0.25, -0.2) is 9.18 Å². The van der Waals surface area contributed by atoms with Gasteiger partial charge in [0.1, 0.15) is 5.82 Å². The van der Waals surface area contributed by atoms with Crippen molar-refractivity contribution in [2.45, 2.75) is 12.8 Å². The number of carbonyl (C=O) groups is 1. The van der Waals surface area contributed by atoms with Crippen molar-refractivity contribution in [3.63, 3.8) is 0 Å². The largest absolute Gasteiger partial charge is 0.478 e. The molecule has 1 saturated carbocycles. The molecule has 0 radical (unpaired) electrons. The Morgan fingerprint density at radius 2 is 2.26 bits per heavy atom. The highest BCUT2D eigenvalue weighted by Gasteiger charge is 2.21. The second-order valence-electron chi connectivity index (χ2n) is 4.91. The highest BCUT2D eigenvalue weighted by atomic mass is 19.1. The number of halogens is 1. The van der Waals surface area contributed by atoms with Crippen molar-refractivity contribution in [3.05, 3.63) is 29.6 Å². The van der Waals surface area contributed by atoms with Crippen LogP contribution in [0.3, 0.4) is 0 Å². The third-order valence-electron chi connectivity index (χ3n) is 3.22. The second kappa shape index (κ2) is 6.02. The van der Waals surface area contributed by atoms with Crippen molar-refractivity contribution < 1.29 is 19.0 Å². The fourth-order valence-corrected chi connectivity index (χ4v) is 1.87. The second-order valence-corrected chi connectivity index (χ2v) is 4.91. The van der Waals surface area contributed by atoms with Crippen LogP contribution in [0.25, 0.3) is 0 Å². The molecular weight excluding hydrogens is 249 g/mol. The summed E-state index contributed by atoms with van der Waals surface area (Å²) in [7, 11) is 1.78. The van der Waals surface area contributed by atoms with Crippen molar-refractivity contribution in [2.24, 2.45) is 5.92 Å². The molecule has 1 N–H and O–H groups in total. The van der Waals surface area contributed by atoms with E-state index in [0.717, 1.165) is 12.7 Å². The molecule has 0 bridgehead atoms. The lowest BCUT2D eigenvalue weighted by Crippen LogP contribution is -2.25. The Bertz CT molecular complexity index is 460. The zero-order valence-electron chi connectivity index (χ0n) is 10.9. The molecule has 0 heterocycles. The SMILES string of the molecule is CN(CCOCC1CC1)c1ccc(F)cc1C(=O)O. The molecule has 0 aliphatic heterocycles. The van der Waals surface area contributed by atoms with E-state index >= 15 is 0 Å². The van der Waals surface area contributed by atoms with Crippen LogP contribution in [-0.4, -0.2) is 37.9 Å². The maximum atomic E-state index is 13.1. The Balaban J connectivity index is 1.92. The van der Waals surface area contributed by atoms with Crippen LogP contribution >= 0.6 is 0 Å². The van der Waals surface area contributed by atoms with E-state index in [4.69, 9.17) is 9.84 Å². The van der Waals surface area contributed by atoms with Gasteiger partial charge in [-0.15, -0.1) is 0 Å². The molecule has 1 aromatic carbocycles. The molecule has 0 saturated heterocycles. The summed E-state index contributed by atoms with van der Waals surface area (Å²) >= 11 is 0. The first-order valence-corrected chi connectivity index (χ1v) is 6.39. The molecule has 4 nitrogen and oxygen atoms in total. The predicted octanol–water partition coefficient (Wildman–Crippen LogP) is 2.39. The van der Waals surface area contributed by atoms with Crippen LogP contribution in [0.5, 0.6) is 0 Å². The van der Waals surface area contributed by atoms with Crippen molar-refractivity contribution >= 4 is 11.7 Å². The smallest absolute Gasteiger partial charge is 0.337 e. The summed E-state index contributed by atoms with van der Waals surface area (Å²) in [6.45, 7) is 1.91. The summed E-state index contributed by atoms with van der Waals surface area (Å²) in [6, 6.07) is 3.79. The summed E-state index contributed by atoms with van der Waals surface area (Å²) in [5, 5.41) is 9.07. The van der Waals surface area contributed by atoms with Crippen molar-refractivity contribution in [2.75, 3.05) is 31.7 Å². The van der Waals surface area contributed by atoms with E-state index in [9.17, 15) is 9.18 Å². The zero-order valence-corrected chi connectivity index (χ0v) is 10.9. The zero-order chi connectivity index (χ0) is 13.8. The minimum atomic E-state index is -1.12. The van der Waals surface area contributed by atoms with E-state index in [0.29, 0.717) is 24.8 Å². The number of nitrogens with zero attached hydrogens (tertiary/aromatic N) is 1. The number of carboxylic acid groups (broad SMARTS) is 1.